The van der Waals surface area contributed by atoms with E-state index in [0.29, 0.717) is 27.1 Å². The highest BCUT2D eigenvalue weighted by Gasteiger charge is 2.35. The first kappa shape index (κ1) is 31.0. The van der Waals surface area contributed by atoms with Crippen LogP contribution in [0.1, 0.15) is 36.8 Å². The summed E-state index contributed by atoms with van der Waals surface area (Å²) in [6, 6.07) is 18.1. The lowest BCUT2D eigenvalue weighted by Crippen LogP contribution is -2.54. The van der Waals surface area contributed by atoms with Crippen LogP contribution in [0.4, 0.5) is 5.69 Å². The normalized spacial score (nSPS) is 15.2. The second-order valence-electron chi connectivity index (χ2n) is 10.8. The fourth-order valence-electron chi connectivity index (χ4n) is 5.41. The lowest BCUT2D eigenvalue weighted by Gasteiger charge is -2.34. The number of carbonyl (C=O) groups is 2. The van der Waals surface area contributed by atoms with Crippen LogP contribution in [-0.4, -0.2) is 56.8 Å². The van der Waals surface area contributed by atoms with Crippen molar-refractivity contribution in [2.24, 2.45) is 0 Å². The Morgan fingerprint density at radius 3 is 2.40 bits per heavy atom. The Kier molecular flexibility index (Phi) is 9.68. The van der Waals surface area contributed by atoms with Crippen molar-refractivity contribution in [1.82, 2.24) is 10.2 Å². The number of benzene rings is 3. The van der Waals surface area contributed by atoms with Gasteiger partial charge >= 0.3 is 0 Å². The Balaban J connectivity index is 1.52. The highest BCUT2D eigenvalue weighted by molar-refractivity contribution is 7.92. The zero-order chi connectivity index (χ0) is 30.6. The first-order valence-electron chi connectivity index (χ1n) is 14.0. The molecular weight excluding hydrogens is 613 g/mol. The Morgan fingerprint density at radius 1 is 0.977 bits per heavy atom. The number of halogens is 2. The molecule has 1 aliphatic carbocycles. The van der Waals surface area contributed by atoms with Gasteiger partial charge in [-0.3, -0.25) is 13.9 Å². The highest BCUT2D eigenvalue weighted by atomic mass is 35.5. The molecule has 1 saturated carbocycles. The largest absolute Gasteiger partial charge is 0.454 e. The van der Waals surface area contributed by atoms with Crippen molar-refractivity contribution in [3.05, 3.63) is 87.9 Å². The molecule has 3 aromatic rings. The molecule has 43 heavy (non-hydrogen) atoms. The number of fused-ring (bicyclic) bond motifs is 1. The molecule has 12 heteroatoms. The summed E-state index contributed by atoms with van der Waals surface area (Å²) in [7, 11) is -3.93. The summed E-state index contributed by atoms with van der Waals surface area (Å²) >= 11 is 12.7. The third-order valence-corrected chi connectivity index (χ3v) is 9.38. The molecule has 0 saturated heterocycles. The molecule has 3 aromatic carbocycles. The highest BCUT2D eigenvalue weighted by Crippen LogP contribution is 2.36. The molecule has 5 rings (SSSR count). The summed E-state index contributed by atoms with van der Waals surface area (Å²) in [5.74, 6) is -0.0184. The minimum absolute atomic E-state index is 0.0167. The minimum Gasteiger partial charge on any atom is -0.454 e. The van der Waals surface area contributed by atoms with Gasteiger partial charge in [-0.2, -0.15) is 0 Å². The summed E-state index contributed by atoms with van der Waals surface area (Å²) in [5, 5.41) is 3.90. The third kappa shape index (κ3) is 7.74. The lowest BCUT2D eigenvalue weighted by atomic mass is 10.0. The number of amides is 2. The molecule has 1 aliphatic heterocycles. The summed E-state index contributed by atoms with van der Waals surface area (Å²) in [4.78, 5) is 29.6. The SMILES string of the molecule is CS(=O)(=O)N(CC(=O)N(Cc1ccc(Cl)cc1Cl)[C@H](Cc1ccccc1)C(=O)NC1CCCC1)c1ccc2c(c1)OCO2. The van der Waals surface area contributed by atoms with Crippen molar-refractivity contribution in [3.63, 3.8) is 0 Å². The molecule has 1 N–H and O–H groups in total. The molecule has 2 aliphatic rings. The van der Waals surface area contributed by atoms with Gasteiger partial charge in [-0.25, -0.2) is 8.42 Å². The van der Waals surface area contributed by atoms with E-state index >= 15 is 0 Å². The second-order valence-corrected chi connectivity index (χ2v) is 13.5. The molecule has 0 unspecified atom stereocenters. The zero-order valence-corrected chi connectivity index (χ0v) is 26.0. The van der Waals surface area contributed by atoms with Crippen molar-refractivity contribution >= 4 is 50.7 Å². The van der Waals surface area contributed by atoms with Crippen LogP contribution >= 0.6 is 23.2 Å². The van der Waals surface area contributed by atoms with Crippen molar-refractivity contribution in [2.45, 2.75) is 50.7 Å². The zero-order valence-electron chi connectivity index (χ0n) is 23.7. The van der Waals surface area contributed by atoms with E-state index in [1.807, 2.05) is 30.3 Å². The maximum absolute atomic E-state index is 14.3. The summed E-state index contributed by atoms with van der Waals surface area (Å²) < 4.78 is 37.9. The second kappa shape index (κ2) is 13.4. The molecule has 0 spiro atoms. The molecule has 228 valence electrons. The molecule has 1 fully saturated rings. The van der Waals surface area contributed by atoms with Crippen molar-refractivity contribution in [2.75, 3.05) is 23.9 Å². The predicted molar refractivity (Wildman–Crippen MR) is 166 cm³/mol. The molecule has 1 heterocycles. The molecule has 1 atom stereocenters. The Hall–Kier alpha value is -3.47. The summed E-state index contributed by atoms with van der Waals surface area (Å²) in [6.07, 6.45) is 5.03. The average Bonchev–Trinajstić information content (AvgIpc) is 3.66. The Bertz CT molecular complexity index is 1580. The van der Waals surface area contributed by atoms with E-state index in [1.54, 1.807) is 30.3 Å². The van der Waals surface area contributed by atoms with E-state index in [9.17, 15) is 18.0 Å². The molecule has 0 aromatic heterocycles. The van der Waals surface area contributed by atoms with E-state index < -0.39 is 28.5 Å². The lowest BCUT2D eigenvalue weighted by molar-refractivity contribution is -0.140. The van der Waals surface area contributed by atoms with Gasteiger partial charge in [-0.05, 0) is 48.2 Å². The first-order chi connectivity index (χ1) is 20.6. The van der Waals surface area contributed by atoms with Crippen molar-refractivity contribution in [3.8, 4) is 11.5 Å². The van der Waals surface area contributed by atoms with Crippen molar-refractivity contribution in [1.29, 1.82) is 0 Å². The summed E-state index contributed by atoms with van der Waals surface area (Å²) in [6.45, 7) is -0.571. The fourth-order valence-corrected chi connectivity index (χ4v) is 6.72. The topological polar surface area (TPSA) is 105 Å². The number of nitrogens with zero attached hydrogens (tertiary/aromatic N) is 2. The van der Waals surface area contributed by atoms with E-state index in [2.05, 4.69) is 5.32 Å². The monoisotopic (exact) mass is 645 g/mol. The standard InChI is InChI=1S/C31H33Cl2N3O6S/c1-43(39,40)36(25-13-14-28-29(17-25)42-20-41-28)19-30(37)35(18-22-11-12-23(32)16-26(22)33)27(15-21-7-3-2-4-8-21)31(38)34-24-9-5-6-10-24/h2-4,7-8,11-14,16-17,24,27H,5-6,9-10,15,18-20H2,1H3,(H,34,38)/t27-/m1/s1. The molecule has 0 bridgehead atoms. The van der Waals surface area contributed by atoms with E-state index in [4.69, 9.17) is 32.7 Å². The van der Waals surface area contributed by atoms with Crippen LogP contribution < -0.4 is 19.1 Å². The number of ether oxygens (including phenoxy) is 2. The molecule has 9 nitrogen and oxygen atoms in total. The quantitative estimate of drug-likeness (QED) is 0.308. The number of hydrogen-bond donors (Lipinski definition) is 1. The van der Waals surface area contributed by atoms with E-state index in [0.717, 1.165) is 41.8 Å². The summed E-state index contributed by atoms with van der Waals surface area (Å²) in [5.41, 5.74) is 1.66. The molecule has 2 amide bonds. The number of rotatable bonds is 11. The van der Waals surface area contributed by atoms with Gasteiger partial charge in [0.2, 0.25) is 28.6 Å². The molecule has 0 radical (unpaired) electrons. The van der Waals surface area contributed by atoms with Crippen LogP contribution in [0.5, 0.6) is 11.5 Å². The van der Waals surface area contributed by atoms with Crippen molar-refractivity contribution < 1.29 is 27.5 Å². The third-order valence-electron chi connectivity index (χ3n) is 7.65. The maximum atomic E-state index is 14.3. The number of hydrogen-bond acceptors (Lipinski definition) is 6. The van der Waals surface area contributed by atoms with Gasteiger partial charge in [0.15, 0.2) is 11.5 Å². The van der Waals surface area contributed by atoms with Gasteiger partial charge in [0.1, 0.15) is 12.6 Å². The van der Waals surface area contributed by atoms with E-state index in [1.165, 1.54) is 11.0 Å². The Labute approximate surface area is 261 Å². The van der Waals surface area contributed by atoms with Gasteiger partial charge < -0.3 is 19.7 Å². The van der Waals surface area contributed by atoms with Crippen LogP contribution in [-0.2, 0) is 32.6 Å². The van der Waals surface area contributed by atoms with Gasteiger partial charge in [-0.15, -0.1) is 0 Å². The number of carbonyl (C=O) groups excluding carboxylic acids is 2. The van der Waals surface area contributed by atoms with Crippen LogP contribution in [0.25, 0.3) is 0 Å². The number of anilines is 1. The minimum atomic E-state index is -3.93. The smallest absolute Gasteiger partial charge is 0.244 e. The maximum Gasteiger partial charge on any atom is 0.244 e. The van der Waals surface area contributed by atoms with Gasteiger partial charge in [0.05, 0.1) is 11.9 Å². The van der Waals surface area contributed by atoms with Gasteiger partial charge in [0, 0.05) is 35.1 Å². The predicted octanol–water partition coefficient (Wildman–Crippen LogP) is 5.19. The molecular formula is C31H33Cl2N3O6S. The van der Waals surface area contributed by atoms with Crippen LogP contribution in [0.15, 0.2) is 66.7 Å². The van der Waals surface area contributed by atoms with Crippen LogP contribution in [0.3, 0.4) is 0 Å². The van der Waals surface area contributed by atoms with Gasteiger partial charge in [0.25, 0.3) is 0 Å². The number of sulfonamides is 1. The Morgan fingerprint density at radius 2 is 1.70 bits per heavy atom. The number of nitrogens with one attached hydrogen (secondary N) is 1. The van der Waals surface area contributed by atoms with Crippen LogP contribution in [0.2, 0.25) is 10.0 Å². The van der Waals surface area contributed by atoms with E-state index in [-0.39, 0.29) is 37.4 Å². The first-order valence-corrected chi connectivity index (χ1v) is 16.6. The average molecular weight is 647 g/mol. The van der Waals surface area contributed by atoms with Gasteiger partial charge in [-0.1, -0.05) is 72.4 Å². The fraction of sp³-hybridized carbons (Fsp3) is 0.355. The van der Waals surface area contributed by atoms with Crippen LogP contribution in [0, 0.1) is 0 Å².